The SMILES string of the molecule is CC(C)CCC[C@@H](C)[C@H]1CC[C@H]2[C@@H]3CC=C4C[C@@H](O)CC(C(CC(=O)O)C(=O)O)[C@]4(C)[C@H]3CC[C@]12C. The van der Waals surface area contributed by atoms with Gasteiger partial charge in [-0.05, 0) is 97.2 Å². The highest BCUT2D eigenvalue weighted by atomic mass is 16.4. The minimum atomic E-state index is -1.06. The van der Waals surface area contributed by atoms with Gasteiger partial charge in [-0.1, -0.05) is 65.5 Å². The zero-order chi connectivity index (χ0) is 26.4. The number of fused-ring (bicyclic) bond motifs is 5. The standard InChI is InChI=1S/C31H50O5/c1-18(2)7-6-8-19(3)24-11-12-25-22-10-9-20-15-21(32)16-27(23(29(35)36)17-28(33)34)31(20,5)26(22)13-14-30(24,25)4/h9,18-19,21-27,32H,6-8,10-17H2,1-5H3,(H,33,34)(H,35,36)/t19-,21-,22+,23?,24-,25+,26+,27?,30-,31+/m1/s1. The van der Waals surface area contributed by atoms with E-state index in [0.717, 1.165) is 30.6 Å². The molecule has 10 atom stereocenters. The van der Waals surface area contributed by atoms with Crippen molar-refractivity contribution in [2.24, 2.45) is 58.2 Å². The van der Waals surface area contributed by atoms with Gasteiger partial charge in [-0.15, -0.1) is 0 Å². The topological polar surface area (TPSA) is 94.8 Å². The number of hydrogen-bond acceptors (Lipinski definition) is 3. The molecule has 4 aliphatic carbocycles. The number of aliphatic hydroxyl groups is 1. The van der Waals surface area contributed by atoms with E-state index in [0.29, 0.717) is 36.0 Å². The van der Waals surface area contributed by atoms with E-state index in [2.05, 4.69) is 40.7 Å². The molecule has 0 heterocycles. The van der Waals surface area contributed by atoms with Gasteiger partial charge in [-0.25, -0.2) is 0 Å². The van der Waals surface area contributed by atoms with Gasteiger partial charge >= 0.3 is 11.9 Å². The fraction of sp³-hybridized carbons (Fsp3) is 0.871. The van der Waals surface area contributed by atoms with E-state index in [1.54, 1.807) is 0 Å². The number of hydrogen-bond donors (Lipinski definition) is 3. The molecule has 0 aromatic carbocycles. The zero-order valence-corrected chi connectivity index (χ0v) is 23.2. The lowest BCUT2D eigenvalue weighted by Crippen LogP contribution is -2.56. The van der Waals surface area contributed by atoms with Crippen LogP contribution >= 0.6 is 0 Å². The summed E-state index contributed by atoms with van der Waals surface area (Å²) in [4.78, 5) is 24.0. The average molecular weight is 503 g/mol. The van der Waals surface area contributed by atoms with Gasteiger partial charge in [0.1, 0.15) is 0 Å². The molecule has 4 rings (SSSR count). The maximum Gasteiger partial charge on any atom is 0.307 e. The van der Waals surface area contributed by atoms with Crippen LogP contribution in [0.5, 0.6) is 0 Å². The number of aliphatic carboxylic acids is 2. The van der Waals surface area contributed by atoms with Crippen LogP contribution in [0.25, 0.3) is 0 Å². The van der Waals surface area contributed by atoms with E-state index in [9.17, 15) is 24.9 Å². The van der Waals surface area contributed by atoms with E-state index < -0.39 is 24.0 Å². The first-order chi connectivity index (χ1) is 16.9. The summed E-state index contributed by atoms with van der Waals surface area (Å²) < 4.78 is 0. The van der Waals surface area contributed by atoms with Crippen LogP contribution in [0, 0.1) is 58.2 Å². The summed E-state index contributed by atoms with van der Waals surface area (Å²) in [5.74, 6) is 0.421. The lowest BCUT2D eigenvalue weighted by molar-refractivity contribution is -0.157. The molecule has 3 saturated carbocycles. The van der Waals surface area contributed by atoms with Gasteiger partial charge in [0.15, 0.2) is 0 Å². The number of rotatable bonds is 9. The highest BCUT2D eigenvalue weighted by Crippen LogP contribution is 2.69. The number of aliphatic hydroxyl groups excluding tert-OH is 1. The number of carboxylic acids is 2. The Bertz CT molecular complexity index is 863. The molecule has 3 N–H and O–H groups in total. The van der Waals surface area contributed by atoms with Crippen molar-refractivity contribution in [3.8, 4) is 0 Å². The maximum absolute atomic E-state index is 12.3. The third kappa shape index (κ3) is 4.78. The minimum absolute atomic E-state index is 0.342. The van der Waals surface area contributed by atoms with Gasteiger partial charge in [-0.2, -0.15) is 0 Å². The summed E-state index contributed by atoms with van der Waals surface area (Å²) in [6.45, 7) is 11.9. The van der Waals surface area contributed by atoms with Crippen LogP contribution in [0.3, 0.4) is 0 Å². The Labute approximate surface area is 218 Å². The normalized spacial score (nSPS) is 41.6. The summed E-state index contributed by atoms with van der Waals surface area (Å²) in [7, 11) is 0. The van der Waals surface area contributed by atoms with Crippen molar-refractivity contribution >= 4 is 11.9 Å². The second-order valence-electron chi connectivity index (χ2n) is 13.9. The quantitative estimate of drug-likeness (QED) is 0.302. The summed E-state index contributed by atoms with van der Waals surface area (Å²) >= 11 is 0. The van der Waals surface area contributed by atoms with Crippen molar-refractivity contribution in [2.75, 3.05) is 0 Å². The summed E-state index contributed by atoms with van der Waals surface area (Å²) in [6.07, 6.45) is 12.2. The molecule has 5 heteroatoms. The van der Waals surface area contributed by atoms with Crippen LogP contribution in [0.4, 0.5) is 0 Å². The predicted octanol–water partition coefficient (Wildman–Crippen LogP) is 6.79. The summed E-state index contributed by atoms with van der Waals surface area (Å²) in [5, 5.41) is 30.3. The zero-order valence-electron chi connectivity index (χ0n) is 23.2. The third-order valence-electron chi connectivity index (χ3n) is 11.7. The van der Waals surface area contributed by atoms with Gasteiger partial charge in [0.05, 0.1) is 18.4 Å². The number of carboxylic acid groups (broad SMARTS) is 2. The van der Waals surface area contributed by atoms with Crippen LogP contribution in [0.1, 0.15) is 105 Å². The molecule has 0 radical (unpaired) electrons. The van der Waals surface area contributed by atoms with Crippen LogP contribution in [-0.2, 0) is 9.59 Å². The van der Waals surface area contributed by atoms with Crippen molar-refractivity contribution in [2.45, 2.75) is 111 Å². The molecule has 0 saturated heterocycles. The molecular weight excluding hydrogens is 452 g/mol. The summed E-state index contributed by atoms with van der Waals surface area (Å²) in [5.41, 5.74) is 1.20. The van der Waals surface area contributed by atoms with Gasteiger partial charge in [0.25, 0.3) is 0 Å². The Balaban J connectivity index is 1.61. The Kier molecular flexibility index (Phi) is 8.01. The van der Waals surface area contributed by atoms with Crippen molar-refractivity contribution < 1.29 is 24.9 Å². The van der Waals surface area contributed by atoms with Crippen molar-refractivity contribution in [3.63, 3.8) is 0 Å². The molecule has 3 fully saturated rings. The second-order valence-corrected chi connectivity index (χ2v) is 13.9. The van der Waals surface area contributed by atoms with Crippen LogP contribution in [0.2, 0.25) is 0 Å². The Morgan fingerprint density at radius 1 is 1.03 bits per heavy atom. The first-order valence-electron chi connectivity index (χ1n) is 14.7. The Morgan fingerprint density at radius 2 is 1.75 bits per heavy atom. The lowest BCUT2D eigenvalue weighted by atomic mass is 9.43. The Hall–Kier alpha value is -1.36. The molecule has 0 aliphatic heterocycles. The highest BCUT2D eigenvalue weighted by molar-refractivity contribution is 5.78. The van der Waals surface area contributed by atoms with E-state index in [1.807, 2.05) is 0 Å². The van der Waals surface area contributed by atoms with E-state index in [-0.39, 0.29) is 17.8 Å². The molecule has 0 bridgehead atoms. The average Bonchev–Trinajstić information content (AvgIpc) is 3.14. The smallest absolute Gasteiger partial charge is 0.307 e. The van der Waals surface area contributed by atoms with Crippen molar-refractivity contribution in [3.05, 3.63) is 11.6 Å². The van der Waals surface area contributed by atoms with E-state index in [1.165, 1.54) is 44.1 Å². The van der Waals surface area contributed by atoms with Crippen LogP contribution in [0.15, 0.2) is 11.6 Å². The van der Waals surface area contributed by atoms with Crippen molar-refractivity contribution in [1.29, 1.82) is 0 Å². The lowest BCUT2D eigenvalue weighted by Gasteiger charge is -2.61. The minimum Gasteiger partial charge on any atom is -0.481 e. The first-order valence-corrected chi connectivity index (χ1v) is 14.7. The van der Waals surface area contributed by atoms with Gasteiger partial charge in [-0.3, -0.25) is 9.59 Å². The van der Waals surface area contributed by atoms with Gasteiger partial charge in [0.2, 0.25) is 0 Å². The van der Waals surface area contributed by atoms with Crippen molar-refractivity contribution in [1.82, 2.24) is 0 Å². The van der Waals surface area contributed by atoms with E-state index >= 15 is 0 Å². The molecule has 2 unspecified atom stereocenters. The molecular formula is C31H50O5. The Morgan fingerprint density at radius 3 is 2.39 bits per heavy atom. The molecule has 0 aromatic rings. The number of allylic oxidation sites excluding steroid dienone is 1. The largest absolute Gasteiger partial charge is 0.481 e. The number of carbonyl (C=O) groups is 2. The molecule has 4 aliphatic rings. The van der Waals surface area contributed by atoms with Gasteiger partial charge < -0.3 is 15.3 Å². The van der Waals surface area contributed by atoms with E-state index in [4.69, 9.17) is 0 Å². The first kappa shape index (κ1) is 27.7. The molecule has 204 valence electrons. The second kappa shape index (κ2) is 10.4. The fourth-order valence-corrected chi connectivity index (χ4v) is 9.99. The molecule has 0 spiro atoms. The third-order valence-corrected chi connectivity index (χ3v) is 11.7. The van der Waals surface area contributed by atoms with Crippen LogP contribution in [-0.4, -0.2) is 33.4 Å². The van der Waals surface area contributed by atoms with Gasteiger partial charge in [0, 0.05) is 0 Å². The molecule has 0 amide bonds. The van der Waals surface area contributed by atoms with Crippen LogP contribution < -0.4 is 0 Å². The fourth-order valence-electron chi connectivity index (χ4n) is 9.99. The summed E-state index contributed by atoms with van der Waals surface area (Å²) in [6, 6.07) is 0. The molecule has 0 aromatic heterocycles. The highest BCUT2D eigenvalue weighted by Gasteiger charge is 2.62. The molecule has 36 heavy (non-hydrogen) atoms. The monoisotopic (exact) mass is 502 g/mol. The predicted molar refractivity (Wildman–Crippen MR) is 141 cm³/mol. The maximum atomic E-state index is 12.3. The molecule has 5 nitrogen and oxygen atoms in total.